The fourth-order valence-electron chi connectivity index (χ4n) is 5.39. The number of phosphoric ester groups is 1. The molecule has 57 heavy (non-hydrogen) atoms. The maximum atomic E-state index is 12.7. The number of epoxide rings is 1. The zero-order valence-corrected chi connectivity index (χ0v) is 35.5. The first-order chi connectivity index (χ1) is 27.6. The van der Waals surface area contributed by atoms with Crippen molar-refractivity contribution in [1.29, 1.82) is 0 Å². The molecule has 0 amide bonds. The third-order valence-electron chi connectivity index (χ3n) is 8.85. The monoisotopic (exact) mass is 821 g/mol. The lowest BCUT2D eigenvalue weighted by atomic mass is 10.1. The SMILES string of the molecule is CCCCC/C=C\C/C=C\C/C=C\CCCCC(=O)OC[C@H](COP(=O)(O)OC[C@H](N)C(=O)O)OC(=O)CCCC1OC1C/C=C\C/C=C\C/C=C\CCCCC. The molecule has 324 valence electrons. The van der Waals surface area contributed by atoms with Crippen LogP contribution in [0.1, 0.15) is 142 Å². The van der Waals surface area contributed by atoms with Gasteiger partial charge in [0.15, 0.2) is 6.10 Å². The van der Waals surface area contributed by atoms with Crippen LogP contribution in [0.5, 0.6) is 0 Å². The molecule has 1 heterocycles. The normalized spacial score (nSPS) is 18.0. The fourth-order valence-corrected chi connectivity index (χ4v) is 6.17. The third kappa shape index (κ3) is 32.5. The predicted octanol–water partition coefficient (Wildman–Crippen LogP) is 9.93. The molecule has 0 aromatic rings. The number of phosphoric acid groups is 1. The molecule has 4 N–H and O–H groups in total. The van der Waals surface area contributed by atoms with Crippen molar-refractivity contribution in [2.24, 2.45) is 5.73 Å². The Bertz CT molecular complexity index is 1310. The number of allylic oxidation sites excluding steroid dienone is 11. The molecular formula is C44H72NO11P. The van der Waals surface area contributed by atoms with Gasteiger partial charge in [0, 0.05) is 12.8 Å². The average Bonchev–Trinajstić information content (AvgIpc) is 3.94. The largest absolute Gasteiger partial charge is 0.480 e. The number of carboxylic acid groups (broad SMARTS) is 1. The van der Waals surface area contributed by atoms with Crippen LogP contribution in [-0.2, 0) is 42.2 Å². The molecule has 1 aliphatic heterocycles. The highest BCUT2D eigenvalue weighted by molar-refractivity contribution is 7.47. The summed E-state index contributed by atoms with van der Waals surface area (Å²) in [7, 11) is -4.75. The maximum absolute atomic E-state index is 12.7. The minimum Gasteiger partial charge on any atom is -0.480 e. The standard InChI is InChI=1S/C44H72NO11P/c1-3-5-7-9-11-13-15-17-18-19-21-23-25-27-29-33-42(46)52-35-38(36-53-57(50,51)54-37-39(45)44(48)49)55-43(47)34-30-32-41-40(56-41)31-28-26-24-22-20-16-14-12-10-8-6-4-2/h11-14,17-18,20-23,26,28,38-41H,3-10,15-16,19,24-25,27,29-37,45H2,1-2H3,(H,48,49)(H,50,51)/b13-11-,14-12-,18-17-,22-20-,23-21-,28-26-/t38-,39+,40?,41?/m1/s1. The Kier molecular flexibility index (Phi) is 31.8. The molecule has 1 rings (SSSR count). The van der Waals surface area contributed by atoms with Crippen molar-refractivity contribution in [2.75, 3.05) is 19.8 Å². The quantitative estimate of drug-likeness (QED) is 0.0177. The molecular weight excluding hydrogens is 749 g/mol. The van der Waals surface area contributed by atoms with Gasteiger partial charge in [0.25, 0.3) is 0 Å². The number of esters is 2. The van der Waals surface area contributed by atoms with E-state index in [9.17, 15) is 23.8 Å². The number of ether oxygens (including phenoxy) is 3. The average molecular weight is 822 g/mol. The van der Waals surface area contributed by atoms with Gasteiger partial charge >= 0.3 is 25.7 Å². The number of rotatable bonds is 37. The van der Waals surface area contributed by atoms with Crippen LogP contribution in [0.4, 0.5) is 0 Å². The molecule has 1 fully saturated rings. The molecule has 0 spiro atoms. The molecule has 12 nitrogen and oxygen atoms in total. The molecule has 5 atom stereocenters. The van der Waals surface area contributed by atoms with E-state index in [4.69, 9.17) is 29.6 Å². The molecule has 0 aromatic carbocycles. The van der Waals surface area contributed by atoms with E-state index in [0.29, 0.717) is 19.3 Å². The number of hydrogen-bond acceptors (Lipinski definition) is 10. The van der Waals surface area contributed by atoms with Crippen molar-refractivity contribution in [3.63, 3.8) is 0 Å². The fraction of sp³-hybridized carbons (Fsp3) is 0.659. The van der Waals surface area contributed by atoms with Crippen LogP contribution in [-0.4, -0.2) is 72.1 Å². The maximum Gasteiger partial charge on any atom is 0.472 e. The highest BCUT2D eigenvalue weighted by Crippen LogP contribution is 2.43. The minimum absolute atomic E-state index is 0.0605. The van der Waals surface area contributed by atoms with Crippen molar-refractivity contribution in [3.8, 4) is 0 Å². The van der Waals surface area contributed by atoms with Gasteiger partial charge < -0.3 is 29.9 Å². The number of carbonyl (C=O) groups is 3. The Labute approximate surface area is 342 Å². The lowest BCUT2D eigenvalue weighted by Crippen LogP contribution is -2.34. The van der Waals surface area contributed by atoms with Crippen LogP contribution in [0, 0.1) is 0 Å². The molecule has 1 aliphatic rings. The Morgan fingerprint density at radius 3 is 1.68 bits per heavy atom. The van der Waals surface area contributed by atoms with Gasteiger partial charge in [0.2, 0.25) is 0 Å². The lowest BCUT2D eigenvalue weighted by Gasteiger charge is -2.20. The number of nitrogens with two attached hydrogens (primary N) is 1. The number of aliphatic carboxylic acids is 1. The molecule has 1 saturated heterocycles. The summed E-state index contributed by atoms with van der Waals surface area (Å²) in [5.41, 5.74) is 5.33. The highest BCUT2D eigenvalue weighted by atomic mass is 31.2. The summed E-state index contributed by atoms with van der Waals surface area (Å²) < 4.78 is 38.4. The predicted molar refractivity (Wildman–Crippen MR) is 225 cm³/mol. The topological polar surface area (TPSA) is 184 Å². The summed E-state index contributed by atoms with van der Waals surface area (Å²) in [6.45, 7) is 2.61. The zero-order chi connectivity index (χ0) is 41.8. The second-order valence-corrected chi connectivity index (χ2v) is 15.6. The smallest absolute Gasteiger partial charge is 0.472 e. The second kappa shape index (κ2) is 34.9. The second-order valence-electron chi connectivity index (χ2n) is 14.1. The summed E-state index contributed by atoms with van der Waals surface area (Å²) in [6, 6.07) is -1.54. The first-order valence-corrected chi connectivity index (χ1v) is 22.6. The van der Waals surface area contributed by atoms with Gasteiger partial charge in [-0.2, -0.15) is 0 Å². The number of carbonyl (C=O) groups excluding carboxylic acids is 2. The molecule has 0 aromatic heterocycles. The van der Waals surface area contributed by atoms with Crippen LogP contribution >= 0.6 is 7.82 Å². The van der Waals surface area contributed by atoms with E-state index in [1.807, 2.05) is 0 Å². The first-order valence-electron chi connectivity index (χ1n) is 21.1. The van der Waals surface area contributed by atoms with Crippen molar-refractivity contribution in [3.05, 3.63) is 72.9 Å². The molecule has 0 aliphatic carbocycles. The zero-order valence-electron chi connectivity index (χ0n) is 34.6. The molecule has 0 radical (unpaired) electrons. The van der Waals surface area contributed by atoms with Gasteiger partial charge in [0.05, 0.1) is 25.4 Å². The van der Waals surface area contributed by atoms with Crippen LogP contribution in [0.15, 0.2) is 72.9 Å². The summed E-state index contributed by atoms with van der Waals surface area (Å²) in [5, 5.41) is 8.89. The van der Waals surface area contributed by atoms with Crippen LogP contribution < -0.4 is 5.73 Å². The number of hydrogen-bond donors (Lipinski definition) is 3. The van der Waals surface area contributed by atoms with Gasteiger partial charge in [-0.3, -0.25) is 23.4 Å². The third-order valence-corrected chi connectivity index (χ3v) is 9.80. The molecule has 0 saturated carbocycles. The first kappa shape index (κ1) is 51.9. The Morgan fingerprint density at radius 1 is 0.649 bits per heavy atom. The highest BCUT2D eigenvalue weighted by Gasteiger charge is 2.37. The van der Waals surface area contributed by atoms with Gasteiger partial charge in [-0.25, -0.2) is 4.57 Å². The Hall–Kier alpha value is -3.12. The van der Waals surface area contributed by atoms with Gasteiger partial charge in [-0.05, 0) is 89.9 Å². The Balaban J connectivity index is 2.40. The lowest BCUT2D eigenvalue weighted by molar-refractivity contribution is -0.161. The minimum atomic E-state index is -4.75. The Morgan fingerprint density at radius 2 is 1.14 bits per heavy atom. The molecule has 13 heteroatoms. The van der Waals surface area contributed by atoms with Gasteiger partial charge in [0.1, 0.15) is 12.6 Å². The van der Waals surface area contributed by atoms with E-state index in [1.165, 1.54) is 38.5 Å². The van der Waals surface area contributed by atoms with E-state index in [1.54, 1.807) is 0 Å². The van der Waals surface area contributed by atoms with Crippen molar-refractivity contribution >= 4 is 25.7 Å². The van der Waals surface area contributed by atoms with E-state index >= 15 is 0 Å². The van der Waals surface area contributed by atoms with Gasteiger partial charge in [-0.1, -0.05) is 112 Å². The van der Waals surface area contributed by atoms with Crippen molar-refractivity contribution < 1.29 is 52.2 Å². The number of carboxylic acids is 1. The number of unbranched alkanes of at least 4 members (excludes halogenated alkanes) is 8. The molecule has 0 bridgehead atoms. The van der Waals surface area contributed by atoms with Crippen molar-refractivity contribution in [2.45, 2.75) is 167 Å². The van der Waals surface area contributed by atoms with Gasteiger partial charge in [-0.15, -0.1) is 0 Å². The van der Waals surface area contributed by atoms with E-state index in [-0.39, 0.29) is 25.0 Å². The summed E-state index contributed by atoms with van der Waals surface area (Å²) >= 11 is 0. The van der Waals surface area contributed by atoms with E-state index in [0.717, 1.165) is 57.8 Å². The summed E-state index contributed by atoms with van der Waals surface area (Å²) in [4.78, 5) is 46.0. The summed E-state index contributed by atoms with van der Waals surface area (Å²) in [6.07, 6.45) is 42.7. The van der Waals surface area contributed by atoms with Crippen molar-refractivity contribution in [1.82, 2.24) is 0 Å². The van der Waals surface area contributed by atoms with E-state index in [2.05, 4.69) is 91.3 Å². The van der Waals surface area contributed by atoms with Crippen LogP contribution in [0.25, 0.3) is 0 Å². The molecule has 3 unspecified atom stereocenters. The van der Waals surface area contributed by atoms with E-state index < -0.39 is 57.7 Å². The van der Waals surface area contributed by atoms with Crippen LogP contribution in [0.2, 0.25) is 0 Å². The van der Waals surface area contributed by atoms with Crippen LogP contribution in [0.3, 0.4) is 0 Å². The summed E-state index contributed by atoms with van der Waals surface area (Å²) in [5.74, 6) is -2.52.